The van der Waals surface area contributed by atoms with E-state index in [0.717, 1.165) is 24.4 Å². The van der Waals surface area contributed by atoms with Gasteiger partial charge in [0.15, 0.2) is 5.96 Å². The highest BCUT2D eigenvalue weighted by molar-refractivity contribution is 14.0. The number of oxazole rings is 1. The Kier molecular flexibility index (Phi) is 7.64. The minimum atomic E-state index is 0. The summed E-state index contributed by atoms with van der Waals surface area (Å²) >= 11 is 0. The summed E-state index contributed by atoms with van der Waals surface area (Å²) in [6, 6.07) is 8.28. The first-order valence-electron chi connectivity index (χ1n) is 8.79. The number of hydrogen-bond donors (Lipinski definition) is 2. The molecule has 27 heavy (non-hydrogen) atoms. The number of aromatic nitrogens is 1. The van der Waals surface area contributed by atoms with Gasteiger partial charge in [-0.25, -0.2) is 4.98 Å². The molecule has 0 radical (unpaired) electrons. The molecule has 1 aliphatic rings. The number of rotatable bonds is 4. The standard InChI is InChI=1S/C19H25N5O2.HI/c1-13-14(2)26-17(23-13)10-21-19(20-3)22-11-18(25)24-9-8-15-6-4-5-7-16(15)12-24;/h4-7H,8-12H2,1-3H3,(H2,20,21,22);1H. The number of aryl methyl sites for hydroxylation is 2. The van der Waals surface area contributed by atoms with Crippen LogP contribution in [0.1, 0.15) is 28.5 Å². The van der Waals surface area contributed by atoms with E-state index >= 15 is 0 Å². The van der Waals surface area contributed by atoms with Crippen molar-refractivity contribution in [2.24, 2.45) is 4.99 Å². The monoisotopic (exact) mass is 483 g/mol. The van der Waals surface area contributed by atoms with E-state index in [2.05, 4.69) is 32.7 Å². The van der Waals surface area contributed by atoms with Crippen molar-refractivity contribution in [3.8, 4) is 0 Å². The van der Waals surface area contributed by atoms with Gasteiger partial charge in [-0.05, 0) is 31.4 Å². The van der Waals surface area contributed by atoms with Gasteiger partial charge < -0.3 is 20.0 Å². The van der Waals surface area contributed by atoms with Crippen LogP contribution in [0.3, 0.4) is 0 Å². The lowest BCUT2D eigenvalue weighted by Gasteiger charge is -2.29. The fraction of sp³-hybridized carbons (Fsp3) is 0.421. The SMILES string of the molecule is CN=C(NCC(=O)N1CCc2ccccc2C1)NCc1nc(C)c(C)o1.I. The summed E-state index contributed by atoms with van der Waals surface area (Å²) in [5, 5.41) is 6.17. The lowest BCUT2D eigenvalue weighted by atomic mass is 10.00. The Morgan fingerprint density at radius 2 is 2.00 bits per heavy atom. The summed E-state index contributed by atoms with van der Waals surface area (Å²) < 4.78 is 5.53. The molecule has 0 saturated carbocycles. The summed E-state index contributed by atoms with van der Waals surface area (Å²) in [4.78, 5) is 22.8. The summed E-state index contributed by atoms with van der Waals surface area (Å²) in [6.07, 6.45) is 0.901. The molecule has 2 aromatic rings. The molecule has 0 spiro atoms. The van der Waals surface area contributed by atoms with Gasteiger partial charge in [-0.15, -0.1) is 24.0 Å². The second kappa shape index (κ2) is 9.72. The number of amides is 1. The van der Waals surface area contributed by atoms with Crippen molar-refractivity contribution in [1.82, 2.24) is 20.5 Å². The van der Waals surface area contributed by atoms with Crippen molar-refractivity contribution < 1.29 is 9.21 Å². The second-order valence-corrected chi connectivity index (χ2v) is 6.36. The third-order valence-electron chi connectivity index (χ3n) is 4.59. The fourth-order valence-corrected chi connectivity index (χ4v) is 2.97. The van der Waals surface area contributed by atoms with Gasteiger partial charge in [0.25, 0.3) is 0 Å². The predicted molar refractivity (Wildman–Crippen MR) is 115 cm³/mol. The zero-order chi connectivity index (χ0) is 18.5. The molecule has 0 unspecified atom stereocenters. The molecular formula is C19H26IN5O2. The van der Waals surface area contributed by atoms with E-state index in [9.17, 15) is 4.79 Å². The molecule has 146 valence electrons. The van der Waals surface area contributed by atoms with Crippen LogP contribution in [0, 0.1) is 13.8 Å². The Bertz CT molecular complexity index is 799. The molecule has 1 aromatic heterocycles. The van der Waals surface area contributed by atoms with Gasteiger partial charge in [-0.1, -0.05) is 24.3 Å². The first-order valence-corrected chi connectivity index (χ1v) is 8.79. The van der Waals surface area contributed by atoms with Crippen molar-refractivity contribution in [3.63, 3.8) is 0 Å². The Morgan fingerprint density at radius 1 is 1.26 bits per heavy atom. The zero-order valence-electron chi connectivity index (χ0n) is 15.9. The normalized spacial score (nSPS) is 13.6. The maximum Gasteiger partial charge on any atom is 0.242 e. The topological polar surface area (TPSA) is 82.8 Å². The average molecular weight is 483 g/mol. The van der Waals surface area contributed by atoms with Gasteiger partial charge in [0, 0.05) is 20.1 Å². The van der Waals surface area contributed by atoms with Crippen molar-refractivity contribution in [1.29, 1.82) is 0 Å². The van der Waals surface area contributed by atoms with E-state index < -0.39 is 0 Å². The lowest BCUT2D eigenvalue weighted by Crippen LogP contribution is -2.45. The number of hydrogen-bond acceptors (Lipinski definition) is 4. The van der Waals surface area contributed by atoms with Crippen LogP contribution >= 0.6 is 24.0 Å². The number of benzene rings is 1. The minimum absolute atomic E-state index is 0. The van der Waals surface area contributed by atoms with Gasteiger partial charge in [0.05, 0.1) is 18.8 Å². The van der Waals surface area contributed by atoms with E-state index in [1.807, 2.05) is 30.9 Å². The smallest absolute Gasteiger partial charge is 0.242 e. The van der Waals surface area contributed by atoms with Crippen molar-refractivity contribution in [3.05, 3.63) is 52.7 Å². The fourth-order valence-electron chi connectivity index (χ4n) is 2.97. The largest absolute Gasteiger partial charge is 0.444 e. The van der Waals surface area contributed by atoms with E-state index in [1.165, 1.54) is 11.1 Å². The van der Waals surface area contributed by atoms with Crippen LogP contribution in [0.4, 0.5) is 0 Å². The summed E-state index contributed by atoms with van der Waals surface area (Å²) in [7, 11) is 1.67. The van der Waals surface area contributed by atoms with Crippen molar-refractivity contribution >= 4 is 35.8 Å². The third-order valence-corrected chi connectivity index (χ3v) is 4.59. The van der Waals surface area contributed by atoms with Crippen molar-refractivity contribution in [2.75, 3.05) is 20.1 Å². The molecule has 8 heteroatoms. The van der Waals surface area contributed by atoms with Crippen LogP contribution in [-0.4, -0.2) is 41.9 Å². The molecule has 0 fully saturated rings. The van der Waals surface area contributed by atoms with E-state index in [4.69, 9.17) is 4.42 Å². The number of carbonyl (C=O) groups is 1. The van der Waals surface area contributed by atoms with Crippen LogP contribution in [0.25, 0.3) is 0 Å². The molecule has 1 aromatic carbocycles. The molecule has 3 rings (SSSR count). The van der Waals surface area contributed by atoms with Gasteiger partial charge >= 0.3 is 0 Å². The van der Waals surface area contributed by atoms with E-state index in [-0.39, 0.29) is 36.4 Å². The number of aliphatic imine (C=N–C) groups is 1. The highest BCUT2D eigenvalue weighted by atomic mass is 127. The Hall–Kier alpha value is -2.10. The third kappa shape index (κ3) is 5.44. The molecule has 1 amide bonds. The van der Waals surface area contributed by atoms with Gasteiger partial charge in [-0.2, -0.15) is 0 Å². The maximum atomic E-state index is 12.5. The molecule has 0 atom stereocenters. The van der Waals surface area contributed by atoms with Gasteiger partial charge in [-0.3, -0.25) is 9.79 Å². The second-order valence-electron chi connectivity index (χ2n) is 6.36. The molecule has 0 bridgehead atoms. The summed E-state index contributed by atoms with van der Waals surface area (Å²) in [5.74, 6) is 2.02. The minimum Gasteiger partial charge on any atom is -0.444 e. The molecule has 0 saturated heterocycles. The van der Waals surface area contributed by atoms with Gasteiger partial charge in [0.2, 0.25) is 11.8 Å². The molecule has 1 aliphatic heterocycles. The highest BCUT2D eigenvalue weighted by Gasteiger charge is 2.20. The lowest BCUT2D eigenvalue weighted by molar-refractivity contribution is -0.130. The van der Waals surface area contributed by atoms with Crippen LogP contribution in [0.15, 0.2) is 33.7 Å². The Balaban J connectivity index is 0.00000261. The highest BCUT2D eigenvalue weighted by Crippen LogP contribution is 2.18. The average Bonchev–Trinajstić information content (AvgIpc) is 2.99. The van der Waals surface area contributed by atoms with Gasteiger partial charge in [0.1, 0.15) is 5.76 Å². The zero-order valence-corrected chi connectivity index (χ0v) is 18.2. The van der Waals surface area contributed by atoms with Crippen LogP contribution < -0.4 is 10.6 Å². The number of halogens is 1. The number of nitrogens with zero attached hydrogens (tertiary/aromatic N) is 3. The molecule has 0 aliphatic carbocycles. The number of carbonyl (C=O) groups excluding carboxylic acids is 1. The first-order chi connectivity index (χ1) is 12.6. The van der Waals surface area contributed by atoms with Crippen molar-refractivity contribution in [2.45, 2.75) is 33.4 Å². The number of fused-ring (bicyclic) bond motifs is 1. The Labute approximate surface area is 176 Å². The predicted octanol–water partition coefficient (Wildman–Crippen LogP) is 2.16. The van der Waals surface area contributed by atoms with Crippen LogP contribution in [-0.2, 0) is 24.3 Å². The first kappa shape index (κ1) is 21.2. The Morgan fingerprint density at radius 3 is 2.67 bits per heavy atom. The molecular weight excluding hydrogens is 457 g/mol. The van der Waals surface area contributed by atoms with E-state index in [1.54, 1.807) is 7.05 Å². The van der Waals surface area contributed by atoms with Crippen LogP contribution in [0.5, 0.6) is 0 Å². The molecule has 7 nitrogen and oxygen atoms in total. The maximum absolute atomic E-state index is 12.5. The number of guanidine groups is 1. The van der Waals surface area contributed by atoms with Crippen LogP contribution in [0.2, 0.25) is 0 Å². The van der Waals surface area contributed by atoms with E-state index in [0.29, 0.717) is 24.9 Å². The number of nitrogens with one attached hydrogen (secondary N) is 2. The summed E-state index contributed by atoms with van der Waals surface area (Å²) in [6.45, 7) is 5.82. The summed E-state index contributed by atoms with van der Waals surface area (Å²) in [5.41, 5.74) is 3.44. The molecule has 2 heterocycles. The quantitative estimate of drug-likeness (QED) is 0.396. The molecule has 2 N–H and O–H groups in total.